The Morgan fingerprint density at radius 2 is 1.39 bits per heavy atom. The van der Waals surface area contributed by atoms with Gasteiger partial charge >= 0.3 is 0 Å². The van der Waals surface area contributed by atoms with Crippen LogP contribution >= 0.6 is 0 Å². The van der Waals surface area contributed by atoms with Crippen molar-refractivity contribution in [1.82, 2.24) is 0 Å². The minimum absolute atomic E-state index is 0.209. The molecule has 4 nitrogen and oxygen atoms in total. The maximum atomic E-state index is 6.32. The van der Waals surface area contributed by atoms with Crippen LogP contribution < -0.4 is 0 Å². The van der Waals surface area contributed by atoms with E-state index in [1.807, 2.05) is 0 Å². The van der Waals surface area contributed by atoms with Crippen molar-refractivity contribution < 1.29 is 18.9 Å². The second kappa shape index (κ2) is 5.96. The van der Waals surface area contributed by atoms with Crippen LogP contribution in [0.3, 0.4) is 0 Å². The van der Waals surface area contributed by atoms with Crippen molar-refractivity contribution >= 4 is 0 Å². The molecule has 158 valence electrons. The number of ether oxygens (including phenoxy) is 4. The van der Waals surface area contributed by atoms with Gasteiger partial charge < -0.3 is 18.9 Å². The van der Waals surface area contributed by atoms with E-state index in [9.17, 15) is 0 Å². The normalized spacial score (nSPS) is 53.9. The highest BCUT2D eigenvalue weighted by atomic mass is 16.7. The molecule has 2 saturated heterocycles. The Hall–Kier alpha value is -0.160. The number of fused-ring (bicyclic) bond motifs is 6. The molecule has 0 aromatic carbocycles. The van der Waals surface area contributed by atoms with Crippen molar-refractivity contribution in [2.75, 3.05) is 26.4 Å². The second-order valence-electron chi connectivity index (χ2n) is 11.5. The van der Waals surface area contributed by atoms with E-state index in [1.54, 1.807) is 0 Å². The van der Waals surface area contributed by atoms with E-state index in [0.717, 1.165) is 75.3 Å². The van der Waals surface area contributed by atoms with Gasteiger partial charge in [-0.25, -0.2) is 0 Å². The molecule has 4 heteroatoms. The fourth-order valence-electron chi connectivity index (χ4n) is 9.30. The van der Waals surface area contributed by atoms with Crippen LogP contribution in [-0.2, 0) is 18.9 Å². The van der Waals surface area contributed by atoms with Crippen LogP contribution in [0.5, 0.6) is 0 Å². The molecule has 0 amide bonds. The molecule has 0 bridgehead atoms. The molecule has 2 aliphatic heterocycles. The third-order valence-electron chi connectivity index (χ3n) is 10.6. The van der Waals surface area contributed by atoms with Crippen LogP contribution in [0.25, 0.3) is 0 Å². The lowest BCUT2D eigenvalue weighted by molar-refractivity contribution is -0.263. The van der Waals surface area contributed by atoms with E-state index in [4.69, 9.17) is 18.9 Å². The molecule has 0 radical (unpaired) electrons. The van der Waals surface area contributed by atoms with Gasteiger partial charge in [0.2, 0.25) is 0 Å². The van der Waals surface area contributed by atoms with Gasteiger partial charge in [-0.3, -0.25) is 0 Å². The van der Waals surface area contributed by atoms with Crippen LogP contribution in [0.2, 0.25) is 0 Å². The molecule has 0 aromatic heterocycles. The fourth-order valence-corrected chi connectivity index (χ4v) is 9.30. The third-order valence-corrected chi connectivity index (χ3v) is 10.6. The molecular formula is C24H38O4. The van der Waals surface area contributed by atoms with Crippen LogP contribution in [0.4, 0.5) is 0 Å². The molecule has 2 spiro atoms. The van der Waals surface area contributed by atoms with E-state index < -0.39 is 0 Å². The van der Waals surface area contributed by atoms with Crippen LogP contribution in [0, 0.1) is 40.4 Å². The average molecular weight is 391 g/mol. The summed E-state index contributed by atoms with van der Waals surface area (Å²) < 4.78 is 24.9. The van der Waals surface area contributed by atoms with Crippen molar-refractivity contribution in [3.63, 3.8) is 0 Å². The summed E-state index contributed by atoms with van der Waals surface area (Å²) in [5.41, 5.74) is 0.651. The zero-order valence-corrected chi connectivity index (χ0v) is 18.0. The zero-order valence-electron chi connectivity index (χ0n) is 18.0. The van der Waals surface area contributed by atoms with Crippen molar-refractivity contribution in [3.8, 4) is 0 Å². The summed E-state index contributed by atoms with van der Waals surface area (Å²) in [5, 5.41) is 0. The quantitative estimate of drug-likeness (QED) is 0.597. The van der Waals surface area contributed by atoms with E-state index in [2.05, 4.69) is 20.8 Å². The summed E-state index contributed by atoms with van der Waals surface area (Å²) in [4.78, 5) is 0. The molecule has 2 heterocycles. The Balaban J connectivity index is 1.31. The zero-order chi connectivity index (χ0) is 19.2. The summed E-state index contributed by atoms with van der Waals surface area (Å²) in [7, 11) is 0. The molecule has 0 N–H and O–H groups in total. The fraction of sp³-hybridized carbons (Fsp3) is 1.00. The lowest BCUT2D eigenvalue weighted by Crippen LogP contribution is -2.60. The highest BCUT2D eigenvalue weighted by molar-refractivity contribution is 5.14. The van der Waals surface area contributed by atoms with Crippen LogP contribution in [-0.4, -0.2) is 38.0 Å². The Bertz CT molecular complexity index is 637. The van der Waals surface area contributed by atoms with E-state index in [-0.39, 0.29) is 17.0 Å². The molecule has 6 aliphatic rings. The van der Waals surface area contributed by atoms with Gasteiger partial charge in [0.05, 0.1) is 26.4 Å². The summed E-state index contributed by atoms with van der Waals surface area (Å²) >= 11 is 0. The second-order valence-corrected chi connectivity index (χ2v) is 11.5. The van der Waals surface area contributed by atoms with Gasteiger partial charge in [0.25, 0.3) is 0 Å². The molecular weight excluding hydrogens is 352 g/mol. The van der Waals surface area contributed by atoms with Gasteiger partial charge in [0.15, 0.2) is 11.6 Å². The molecule has 4 aliphatic carbocycles. The molecule has 6 rings (SSSR count). The highest BCUT2D eigenvalue weighted by Gasteiger charge is 2.68. The first-order valence-corrected chi connectivity index (χ1v) is 12.0. The predicted octanol–water partition coefficient (Wildman–Crippen LogP) is 4.76. The van der Waals surface area contributed by atoms with Crippen LogP contribution in [0.15, 0.2) is 0 Å². The maximum Gasteiger partial charge on any atom is 0.174 e. The summed E-state index contributed by atoms with van der Waals surface area (Å²) in [6, 6.07) is 0. The van der Waals surface area contributed by atoms with E-state index >= 15 is 0 Å². The smallest absolute Gasteiger partial charge is 0.174 e. The summed E-state index contributed by atoms with van der Waals surface area (Å²) in [6.07, 6.45) is 9.87. The molecule has 4 saturated carbocycles. The predicted molar refractivity (Wildman–Crippen MR) is 106 cm³/mol. The lowest BCUT2D eigenvalue weighted by Gasteiger charge is -2.64. The minimum atomic E-state index is -0.272. The highest BCUT2D eigenvalue weighted by Crippen LogP contribution is 2.71. The number of hydrogen-bond acceptors (Lipinski definition) is 4. The molecule has 1 unspecified atom stereocenters. The van der Waals surface area contributed by atoms with Gasteiger partial charge in [-0.05, 0) is 67.1 Å². The number of rotatable bonds is 0. The minimum Gasteiger partial charge on any atom is -0.348 e. The Morgan fingerprint density at radius 3 is 2.14 bits per heavy atom. The SMILES string of the molecule is C[C@H]1C[C@@H]2[C@H](CC[C@@]3(C)[C@H]2CCC32OCCO2)[C@@]2(C)CCC3(CC12)OCCO3. The summed E-state index contributed by atoms with van der Waals surface area (Å²) in [6.45, 7) is 10.8. The molecule has 0 aromatic rings. The van der Waals surface area contributed by atoms with Gasteiger partial charge in [-0.2, -0.15) is 0 Å². The standard InChI is InChI=1S/C24H38O4/c1-16-14-17-18(21(2)8-9-23(15-20(16)21)25-10-11-26-23)4-6-22(3)19(17)5-7-24(22)27-12-13-28-24/h16-20H,4-15H2,1-3H3/t16-,17+,18-,19-,20?,21+,22-/m0/s1. The Kier molecular flexibility index (Phi) is 3.96. The van der Waals surface area contributed by atoms with Crippen LogP contribution in [0.1, 0.15) is 72.1 Å². The van der Waals surface area contributed by atoms with Gasteiger partial charge in [-0.1, -0.05) is 20.8 Å². The first-order valence-electron chi connectivity index (χ1n) is 12.0. The van der Waals surface area contributed by atoms with E-state index in [0.29, 0.717) is 5.41 Å². The molecule has 28 heavy (non-hydrogen) atoms. The van der Waals surface area contributed by atoms with Crippen molar-refractivity contribution in [2.24, 2.45) is 40.4 Å². The maximum absolute atomic E-state index is 6.32. The van der Waals surface area contributed by atoms with Gasteiger partial charge in [0, 0.05) is 24.7 Å². The monoisotopic (exact) mass is 390 g/mol. The average Bonchev–Trinajstić information content (AvgIpc) is 3.39. The van der Waals surface area contributed by atoms with E-state index in [1.165, 1.54) is 32.1 Å². The Morgan fingerprint density at radius 1 is 0.714 bits per heavy atom. The topological polar surface area (TPSA) is 36.9 Å². The number of hydrogen-bond donors (Lipinski definition) is 0. The third kappa shape index (κ3) is 2.22. The lowest BCUT2D eigenvalue weighted by atomic mass is 9.42. The van der Waals surface area contributed by atoms with Crippen molar-refractivity contribution in [1.29, 1.82) is 0 Å². The van der Waals surface area contributed by atoms with Gasteiger partial charge in [0.1, 0.15) is 0 Å². The van der Waals surface area contributed by atoms with Gasteiger partial charge in [-0.15, -0.1) is 0 Å². The first-order chi connectivity index (χ1) is 13.4. The first kappa shape index (κ1) is 18.6. The van der Waals surface area contributed by atoms with Crippen molar-refractivity contribution in [3.05, 3.63) is 0 Å². The molecule has 6 fully saturated rings. The summed E-state index contributed by atoms with van der Waals surface area (Å²) in [5.74, 6) is 3.41. The Labute approximate surface area is 170 Å². The largest absolute Gasteiger partial charge is 0.348 e. The van der Waals surface area contributed by atoms with Crippen molar-refractivity contribution in [2.45, 2.75) is 83.7 Å². The molecule has 7 atom stereocenters.